The summed E-state index contributed by atoms with van der Waals surface area (Å²) in [7, 11) is 0. The highest BCUT2D eigenvalue weighted by Gasteiger charge is 2.16. The minimum atomic E-state index is -0.211. The van der Waals surface area contributed by atoms with Gasteiger partial charge in [-0.3, -0.25) is 0 Å². The summed E-state index contributed by atoms with van der Waals surface area (Å²) >= 11 is 1.19. The van der Waals surface area contributed by atoms with Crippen LogP contribution in [0.15, 0.2) is 27.4 Å². The number of hydrogen-bond acceptors (Lipinski definition) is 4. The predicted octanol–water partition coefficient (Wildman–Crippen LogP) is 2.32. The number of fused-ring (bicyclic) bond motifs is 1. The number of hydrogen-bond donors (Lipinski definition) is 1. The van der Waals surface area contributed by atoms with Crippen LogP contribution in [-0.4, -0.2) is 13.1 Å². The SMILES string of the molecule is O=c1oc2ccc(C3CCNCC3)cc2s1. The van der Waals surface area contributed by atoms with Gasteiger partial charge in [0.1, 0.15) is 5.58 Å². The smallest absolute Gasteiger partial charge is 0.396 e. The Morgan fingerprint density at radius 3 is 2.94 bits per heavy atom. The molecule has 0 bridgehead atoms. The van der Waals surface area contributed by atoms with Gasteiger partial charge >= 0.3 is 4.94 Å². The molecule has 1 saturated heterocycles. The summed E-state index contributed by atoms with van der Waals surface area (Å²) in [5.41, 5.74) is 2.05. The van der Waals surface area contributed by atoms with Crippen LogP contribution in [0.2, 0.25) is 0 Å². The van der Waals surface area contributed by atoms with E-state index in [1.165, 1.54) is 29.7 Å². The first-order valence-electron chi connectivity index (χ1n) is 5.57. The molecule has 3 rings (SSSR count). The van der Waals surface area contributed by atoms with Crippen LogP contribution in [0.5, 0.6) is 0 Å². The van der Waals surface area contributed by atoms with Crippen molar-refractivity contribution in [1.82, 2.24) is 5.32 Å². The Bertz CT molecular complexity index is 551. The van der Waals surface area contributed by atoms with E-state index in [-0.39, 0.29) is 4.94 Å². The number of benzene rings is 1. The van der Waals surface area contributed by atoms with Crippen LogP contribution in [0.3, 0.4) is 0 Å². The zero-order valence-electron chi connectivity index (χ0n) is 8.86. The summed E-state index contributed by atoms with van der Waals surface area (Å²) in [6.45, 7) is 2.18. The van der Waals surface area contributed by atoms with Crippen molar-refractivity contribution >= 4 is 21.6 Å². The molecule has 1 N–H and O–H groups in total. The summed E-state index contributed by atoms with van der Waals surface area (Å²) in [5.74, 6) is 0.628. The molecule has 1 fully saturated rings. The molecule has 0 unspecified atom stereocenters. The third kappa shape index (κ3) is 1.79. The lowest BCUT2D eigenvalue weighted by Crippen LogP contribution is -2.26. The van der Waals surface area contributed by atoms with Crippen LogP contribution >= 0.6 is 11.3 Å². The van der Waals surface area contributed by atoms with E-state index in [4.69, 9.17) is 4.42 Å². The van der Waals surface area contributed by atoms with Crippen LogP contribution < -0.4 is 10.3 Å². The van der Waals surface area contributed by atoms with Crippen LogP contribution in [0.4, 0.5) is 0 Å². The Balaban J connectivity index is 2.00. The van der Waals surface area contributed by atoms with Crippen molar-refractivity contribution in [2.45, 2.75) is 18.8 Å². The van der Waals surface area contributed by atoms with Crippen molar-refractivity contribution < 1.29 is 4.42 Å². The lowest BCUT2D eigenvalue weighted by molar-refractivity contribution is 0.460. The maximum atomic E-state index is 11.1. The summed E-state index contributed by atoms with van der Waals surface area (Å²) in [4.78, 5) is 10.9. The van der Waals surface area contributed by atoms with E-state index in [0.29, 0.717) is 11.5 Å². The zero-order valence-corrected chi connectivity index (χ0v) is 9.68. The fourth-order valence-electron chi connectivity index (χ4n) is 2.30. The summed E-state index contributed by atoms with van der Waals surface area (Å²) < 4.78 is 6.03. The second-order valence-electron chi connectivity index (χ2n) is 4.18. The van der Waals surface area contributed by atoms with Crippen molar-refractivity contribution in [3.05, 3.63) is 33.5 Å². The van der Waals surface area contributed by atoms with Crippen molar-refractivity contribution in [2.75, 3.05) is 13.1 Å². The van der Waals surface area contributed by atoms with Gasteiger partial charge in [-0.25, -0.2) is 4.79 Å². The third-order valence-corrected chi connectivity index (χ3v) is 3.95. The largest absolute Gasteiger partial charge is 0.414 e. The molecule has 16 heavy (non-hydrogen) atoms. The van der Waals surface area contributed by atoms with Gasteiger partial charge in [0.15, 0.2) is 0 Å². The van der Waals surface area contributed by atoms with Crippen LogP contribution in [0.25, 0.3) is 10.3 Å². The molecular weight excluding hydrogens is 222 g/mol. The number of nitrogens with one attached hydrogen (secondary N) is 1. The van der Waals surface area contributed by atoms with Gasteiger partial charge in [0, 0.05) is 0 Å². The lowest BCUT2D eigenvalue weighted by atomic mass is 9.90. The van der Waals surface area contributed by atoms with Crippen LogP contribution in [0, 0.1) is 0 Å². The topological polar surface area (TPSA) is 42.2 Å². The van der Waals surface area contributed by atoms with Crippen LogP contribution in [0.1, 0.15) is 24.3 Å². The van der Waals surface area contributed by atoms with E-state index in [1.54, 1.807) is 0 Å². The quantitative estimate of drug-likeness (QED) is 0.824. The van der Waals surface area contributed by atoms with Crippen molar-refractivity contribution in [3.8, 4) is 0 Å². The van der Waals surface area contributed by atoms with E-state index < -0.39 is 0 Å². The van der Waals surface area contributed by atoms with Gasteiger partial charge in [-0.05, 0) is 49.5 Å². The Hall–Kier alpha value is -1.13. The molecule has 84 valence electrons. The average Bonchev–Trinajstić information content (AvgIpc) is 2.69. The molecule has 2 heterocycles. The highest BCUT2D eigenvalue weighted by atomic mass is 32.1. The fraction of sp³-hybridized carbons (Fsp3) is 0.417. The first kappa shape index (κ1) is 10.1. The number of piperidine rings is 1. The van der Waals surface area contributed by atoms with E-state index in [0.717, 1.165) is 17.8 Å². The van der Waals surface area contributed by atoms with Crippen molar-refractivity contribution in [1.29, 1.82) is 0 Å². The van der Waals surface area contributed by atoms with Gasteiger partial charge in [-0.15, -0.1) is 0 Å². The fourth-order valence-corrected chi connectivity index (χ4v) is 3.01. The molecular formula is C12H13NO2S. The second-order valence-corrected chi connectivity index (χ2v) is 5.16. The summed E-state index contributed by atoms with van der Waals surface area (Å²) in [5, 5.41) is 3.36. The Kier molecular flexibility index (Phi) is 2.53. The maximum Gasteiger partial charge on any atom is 0.396 e. The molecule has 3 nitrogen and oxygen atoms in total. The zero-order chi connectivity index (χ0) is 11.0. The lowest BCUT2D eigenvalue weighted by Gasteiger charge is -2.22. The molecule has 1 aromatic carbocycles. The van der Waals surface area contributed by atoms with Gasteiger partial charge in [-0.2, -0.15) is 0 Å². The normalized spacial score (nSPS) is 18.0. The molecule has 0 spiro atoms. The van der Waals surface area contributed by atoms with Gasteiger partial charge in [0.05, 0.1) is 4.70 Å². The van der Waals surface area contributed by atoms with Crippen LogP contribution in [-0.2, 0) is 0 Å². The minimum absolute atomic E-state index is 0.211. The molecule has 0 amide bonds. The first-order valence-corrected chi connectivity index (χ1v) is 6.39. The van der Waals surface area contributed by atoms with Gasteiger partial charge in [0.2, 0.25) is 0 Å². The van der Waals surface area contributed by atoms with Crippen molar-refractivity contribution in [2.24, 2.45) is 0 Å². The van der Waals surface area contributed by atoms with E-state index in [2.05, 4.69) is 17.4 Å². The summed E-state index contributed by atoms with van der Waals surface area (Å²) in [6, 6.07) is 6.12. The molecule has 2 aromatic rings. The standard InChI is InChI=1S/C12H13NO2S/c14-12-15-10-2-1-9(7-11(10)16-12)8-3-5-13-6-4-8/h1-2,7-8,13H,3-6H2. The highest BCUT2D eigenvalue weighted by Crippen LogP contribution is 2.28. The monoisotopic (exact) mass is 235 g/mol. The Labute approximate surface area is 97.1 Å². The second kappa shape index (κ2) is 4.03. The molecule has 1 aromatic heterocycles. The molecule has 0 radical (unpaired) electrons. The van der Waals surface area contributed by atoms with E-state index in [1.807, 2.05) is 6.07 Å². The van der Waals surface area contributed by atoms with Gasteiger partial charge in [-0.1, -0.05) is 17.4 Å². The van der Waals surface area contributed by atoms with Gasteiger partial charge < -0.3 is 9.73 Å². The average molecular weight is 235 g/mol. The predicted molar refractivity (Wildman–Crippen MR) is 65.2 cm³/mol. The van der Waals surface area contributed by atoms with E-state index >= 15 is 0 Å². The molecule has 0 aliphatic carbocycles. The molecule has 1 aliphatic heterocycles. The minimum Gasteiger partial charge on any atom is -0.414 e. The van der Waals surface area contributed by atoms with Gasteiger partial charge in [0.25, 0.3) is 0 Å². The number of rotatable bonds is 1. The Morgan fingerprint density at radius 2 is 2.12 bits per heavy atom. The van der Waals surface area contributed by atoms with E-state index in [9.17, 15) is 4.79 Å². The highest BCUT2D eigenvalue weighted by molar-refractivity contribution is 7.16. The Morgan fingerprint density at radius 1 is 1.31 bits per heavy atom. The molecule has 0 saturated carbocycles. The third-order valence-electron chi connectivity index (χ3n) is 3.16. The molecule has 4 heteroatoms. The first-order chi connectivity index (χ1) is 7.83. The maximum absolute atomic E-state index is 11.1. The summed E-state index contributed by atoms with van der Waals surface area (Å²) in [6.07, 6.45) is 2.36. The molecule has 0 atom stereocenters. The molecule has 1 aliphatic rings. The van der Waals surface area contributed by atoms with Crippen molar-refractivity contribution in [3.63, 3.8) is 0 Å².